The van der Waals surface area contributed by atoms with Crippen molar-refractivity contribution in [1.29, 1.82) is 0 Å². The van der Waals surface area contributed by atoms with Crippen LogP contribution in [0.2, 0.25) is 0 Å². The summed E-state index contributed by atoms with van der Waals surface area (Å²) >= 11 is 3.42. The summed E-state index contributed by atoms with van der Waals surface area (Å²) < 4.78 is 10.8. The van der Waals surface area contributed by atoms with Gasteiger partial charge in [-0.25, -0.2) is 0 Å². The molecule has 1 aromatic carbocycles. The van der Waals surface area contributed by atoms with Gasteiger partial charge in [-0.05, 0) is 17.7 Å². The van der Waals surface area contributed by atoms with Crippen molar-refractivity contribution in [3.05, 3.63) is 34.3 Å². The summed E-state index contributed by atoms with van der Waals surface area (Å²) in [4.78, 5) is 13.4. The van der Waals surface area contributed by atoms with Gasteiger partial charge in [0.1, 0.15) is 0 Å². The molecule has 0 aliphatic rings. The predicted octanol–water partition coefficient (Wildman–Crippen LogP) is 2.46. The number of carbonyl (C=O) groups excluding carboxylic acids is 1. The molecule has 0 bridgehead atoms. The van der Waals surface area contributed by atoms with Crippen molar-refractivity contribution in [3.8, 4) is 0 Å². The van der Waals surface area contributed by atoms with Crippen molar-refractivity contribution >= 4 is 21.9 Å². The Morgan fingerprint density at radius 1 is 1.21 bits per heavy atom. The molecule has 0 amide bonds. The second-order valence-electron chi connectivity index (χ2n) is 4.22. The zero-order chi connectivity index (χ0) is 14.1. The quantitative estimate of drug-likeness (QED) is 0.687. The van der Waals surface area contributed by atoms with E-state index >= 15 is 0 Å². The molecule has 0 atom stereocenters. The van der Waals surface area contributed by atoms with Crippen LogP contribution >= 0.6 is 15.9 Å². The zero-order valence-electron chi connectivity index (χ0n) is 11.4. The van der Waals surface area contributed by atoms with Gasteiger partial charge < -0.3 is 9.47 Å². The van der Waals surface area contributed by atoms with Gasteiger partial charge in [-0.2, -0.15) is 0 Å². The van der Waals surface area contributed by atoms with E-state index in [-0.39, 0.29) is 5.97 Å². The third-order valence-corrected chi connectivity index (χ3v) is 3.32. The molecule has 0 fully saturated rings. The molecule has 0 unspecified atom stereocenters. The third-order valence-electron chi connectivity index (χ3n) is 2.79. The van der Waals surface area contributed by atoms with Crippen LogP contribution in [-0.2, 0) is 20.8 Å². The molecule has 0 spiro atoms. The number of rotatable bonds is 8. The van der Waals surface area contributed by atoms with E-state index in [1.807, 2.05) is 12.1 Å². The van der Waals surface area contributed by atoms with Crippen molar-refractivity contribution < 1.29 is 14.3 Å². The summed E-state index contributed by atoms with van der Waals surface area (Å²) in [6, 6.07) is 8.18. The second kappa shape index (κ2) is 9.07. The fraction of sp³-hybridized carbons (Fsp3) is 0.500. The zero-order valence-corrected chi connectivity index (χ0v) is 13.0. The maximum absolute atomic E-state index is 11.2. The molecular formula is C14H20BrNO3. The molecule has 0 aliphatic carbocycles. The highest BCUT2D eigenvalue weighted by molar-refractivity contribution is 9.10. The third kappa shape index (κ3) is 6.71. The van der Waals surface area contributed by atoms with Crippen LogP contribution in [0.5, 0.6) is 0 Å². The Morgan fingerprint density at radius 2 is 1.89 bits per heavy atom. The summed E-state index contributed by atoms with van der Waals surface area (Å²) in [5.74, 6) is -0.182. The van der Waals surface area contributed by atoms with Gasteiger partial charge in [0.05, 0.1) is 20.1 Å². The van der Waals surface area contributed by atoms with Crippen LogP contribution in [0.1, 0.15) is 12.0 Å². The lowest BCUT2D eigenvalue weighted by Gasteiger charge is -2.21. The maximum Gasteiger partial charge on any atom is 0.306 e. The first-order valence-corrected chi connectivity index (χ1v) is 6.97. The predicted molar refractivity (Wildman–Crippen MR) is 77.9 cm³/mol. The molecule has 106 valence electrons. The number of benzene rings is 1. The minimum atomic E-state index is -0.182. The van der Waals surface area contributed by atoms with Crippen molar-refractivity contribution in [1.82, 2.24) is 4.90 Å². The topological polar surface area (TPSA) is 38.8 Å². The largest absolute Gasteiger partial charge is 0.469 e. The van der Waals surface area contributed by atoms with E-state index in [0.29, 0.717) is 19.6 Å². The summed E-state index contributed by atoms with van der Waals surface area (Å²) in [7, 11) is 3.09. The van der Waals surface area contributed by atoms with E-state index < -0.39 is 0 Å². The smallest absolute Gasteiger partial charge is 0.306 e. The van der Waals surface area contributed by atoms with Crippen molar-refractivity contribution in [2.75, 3.05) is 33.9 Å². The van der Waals surface area contributed by atoms with Crippen molar-refractivity contribution in [2.24, 2.45) is 0 Å². The monoisotopic (exact) mass is 329 g/mol. The van der Waals surface area contributed by atoms with E-state index in [4.69, 9.17) is 4.74 Å². The van der Waals surface area contributed by atoms with Crippen LogP contribution in [0.4, 0.5) is 0 Å². The number of methoxy groups -OCH3 is 2. The van der Waals surface area contributed by atoms with E-state index in [1.54, 1.807) is 7.11 Å². The van der Waals surface area contributed by atoms with Crippen molar-refractivity contribution in [3.63, 3.8) is 0 Å². The number of carbonyl (C=O) groups is 1. The number of halogens is 1. The molecule has 1 rings (SSSR count). The first kappa shape index (κ1) is 16.1. The molecule has 4 nitrogen and oxygen atoms in total. The molecule has 0 heterocycles. The van der Waals surface area contributed by atoms with Crippen LogP contribution in [0.25, 0.3) is 0 Å². The fourth-order valence-corrected chi connectivity index (χ4v) is 1.95. The molecule has 19 heavy (non-hydrogen) atoms. The lowest BCUT2D eigenvalue weighted by Crippen LogP contribution is -2.29. The van der Waals surface area contributed by atoms with E-state index in [1.165, 1.54) is 12.7 Å². The first-order chi connectivity index (χ1) is 9.15. The van der Waals surface area contributed by atoms with Gasteiger partial charge in [0.25, 0.3) is 0 Å². The Balaban J connectivity index is 2.52. The summed E-state index contributed by atoms with van der Waals surface area (Å²) in [5.41, 5.74) is 1.21. The standard InChI is InChI=1S/C14H20BrNO3/c1-18-10-9-16(8-7-14(17)19-2)11-12-3-5-13(15)6-4-12/h3-6H,7-11H2,1-2H3. The lowest BCUT2D eigenvalue weighted by atomic mass is 10.2. The molecule has 0 aliphatic heterocycles. The molecule has 0 saturated heterocycles. The van der Waals surface area contributed by atoms with Crippen LogP contribution in [0.3, 0.4) is 0 Å². The highest BCUT2D eigenvalue weighted by Gasteiger charge is 2.09. The molecule has 0 aromatic heterocycles. The van der Waals surface area contributed by atoms with Crippen LogP contribution in [0, 0.1) is 0 Å². The number of hydrogen-bond acceptors (Lipinski definition) is 4. The normalized spacial score (nSPS) is 10.7. The number of ether oxygens (including phenoxy) is 2. The van der Waals surface area contributed by atoms with Crippen LogP contribution < -0.4 is 0 Å². The Kier molecular flexibility index (Phi) is 7.70. The second-order valence-corrected chi connectivity index (χ2v) is 5.14. The van der Waals surface area contributed by atoms with E-state index in [0.717, 1.165) is 17.6 Å². The lowest BCUT2D eigenvalue weighted by molar-refractivity contribution is -0.141. The summed E-state index contributed by atoms with van der Waals surface area (Å²) in [5, 5.41) is 0. The van der Waals surface area contributed by atoms with Gasteiger partial charge in [-0.3, -0.25) is 9.69 Å². The molecule has 5 heteroatoms. The molecule has 1 aromatic rings. The number of hydrogen-bond donors (Lipinski definition) is 0. The van der Waals surface area contributed by atoms with Gasteiger partial charge in [0.15, 0.2) is 0 Å². The molecular weight excluding hydrogens is 310 g/mol. The highest BCUT2D eigenvalue weighted by Crippen LogP contribution is 2.12. The maximum atomic E-state index is 11.2. The molecule has 0 saturated carbocycles. The van der Waals surface area contributed by atoms with Gasteiger partial charge in [0.2, 0.25) is 0 Å². The molecule has 0 radical (unpaired) electrons. The van der Waals surface area contributed by atoms with Gasteiger partial charge in [0, 0.05) is 31.2 Å². The van der Waals surface area contributed by atoms with E-state index in [2.05, 4.69) is 37.7 Å². The van der Waals surface area contributed by atoms with Gasteiger partial charge in [-0.15, -0.1) is 0 Å². The Bertz CT molecular complexity index is 381. The highest BCUT2D eigenvalue weighted by atomic mass is 79.9. The number of esters is 1. The number of nitrogens with zero attached hydrogens (tertiary/aromatic N) is 1. The van der Waals surface area contributed by atoms with Gasteiger partial charge >= 0.3 is 5.97 Å². The fourth-order valence-electron chi connectivity index (χ4n) is 1.69. The minimum Gasteiger partial charge on any atom is -0.469 e. The Hall–Kier alpha value is -0.910. The Morgan fingerprint density at radius 3 is 2.47 bits per heavy atom. The van der Waals surface area contributed by atoms with Crippen LogP contribution in [0.15, 0.2) is 28.7 Å². The van der Waals surface area contributed by atoms with E-state index in [9.17, 15) is 4.79 Å². The summed E-state index contributed by atoms with van der Waals surface area (Å²) in [6.45, 7) is 2.92. The summed E-state index contributed by atoms with van der Waals surface area (Å²) in [6.07, 6.45) is 0.400. The first-order valence-electron chi connectivity index (χ1n) is 6.18. The van der Waals surface area contributed by atoms with Gasteiger partial charge in [-0.1, -0.05) is 28.1 Å². The average molecular weight is 330 g/mol. The van der Waals surface area contributed by atoms with Crippen molar-refractivity contribution in [2.45, 2.75) is 13.0 Å². The average Bonchev–Trinajstić information content (AvgIpc) is 2.43. The minimum absolute atomic E-state index is 0.182. The molecule has 0 N–H and O–H groups in total. The van der Waals surface area contributed by atoms with Crippen LogP contribution in [-0.4, -0.2) is 44.8 Å². The SMILES string of the molecule is COCCN(CCC(=O)OC)Cc1ccc(Br)cc1. The Labute approximate surface area is 122 Å².